The molecule has 1 saturated heterocycles. The fourth-order valence-electron chi connectivity index (χ4n) is 1.65. The first-order valence-corrected chi connectivity index (χ1v) is 6.32. The van der Waals surface area contributed by atoms with Crippen LogP contribution in [0.25, 0.3) is 0 Å². The fraction of sp³-hybridized carbons (Fsp3) is 0.385. The fourth-order valence-corrected chi connectivity index (χ4v) is 1.65. The second-order valence-electron chi connectivity index (χ2n) is 4.43. The van der Waals surface area contributed by atoms with E-state index >= 15 is 0 Å². The normalized spacial score (nSPS) is 27.2. The largest absolute Gasteiger partial charge is 0.471 e. The van der Waals surface area contributed by atoms with Gasteiger partial charge in [-0.3, -0.25) is 10.7 Å². The Morgan fingerprint density at radius 3 is 2.27 bits per heavy atom. The van der Waals surface area contributed by atoms with Gasteiger partial charge >= 0.3 is 6.09 Å². The van der Waals surface area contributed by atoms with Crippen LogP contribution in [0.5, 0.6) is 0 Å². The van der Waals surface area contributed by atoms with E-state index in [2.05, 4.69) is 10.1 Å². The second-order valence-corrected chi connectivity index (χ2v) is 4.43. The Labute approximate surface area is 125 Å². The van der Waals surface area contributed by atoms with Crippen LogP contribution in [-0.2, 0) is 4.74 Å². The van der Waals surface area contributed by atoms with E-state index in [1.54, 1.807) is 24.3 Å². The van der Waals surface area contributed by atoms with Crippen LogP contribution in [0.3, 0.4) is 0 Å². The number of rotatable bonds is 2. The SMILES string of the molecule is N=C1O[C@H](CO)[C@@H](O)[C@H](O)[C@H]1O.O=C(O)Nc1ccccc1. The van der Waals surface area contributed by atoms with Crippen LogP contribution < -0.4 is 5.32 Å². The molecule has 1 aliphatic heterocycles. The van der Waals surface area contributed by atoms with E-state index in [0.717, 1.165) is 0 Å². The summed E-state index contributed by atoms with van der Waals surface area (Å²) in [5, 5.41) is 53.3. The number of hydrogen-bond donors (Lipinski definition) is 7. The van der Waals surface area contributed by atoms with Crippen LogP contribution in [-0.4, -0.2) is 68.5 Å². The molecular formula is C13H18N2O7. The van der Waals surface area contributed by atoms with E-state index in [1.165, 1.54) is 0 Å². The molecule has 0 aliphatic carbocycles. The monoisotopic (exact) mass is 314 g/mol. The highest BCUT2D eigenvalue weighted by Gasteiger charge is 2.41. The van der Waals surface area contributed by atoms with E-state index in [9.17, 15) is 4.79 Å². The predicted molar refractivity (Wildman–Crippen MR) is 75.8 cm³/mol. The zero-order valence-corrected chi connectivity index (χ0v) is 11.5. The third-order valence-electron chi connectivity index (χ3n) is 2.81. The molecule has 22 heavy (non-hydrogen) atoms. The van der Waals surface area contributed by atoms with Crippen molar-refractivity contribution in [3.8, 4) is 0 Å². The van der Waals surface area contributed by atoms with Crippen LogP contribution >= 0.6 is 0 Å². The number of para-hydroxylation sites is 1. The van der Waals surface area contributed by atoms with Gasteiger partial charge in [0.15, 0.2) is 12.2 Å². The number of carbonyl (C=O) groups is 1. The predicted octanol–water partition coefficient (Wildman–Crippen LogP) is -0.786. The summed E-state index contributed by atoms with van der Waals surface area (Å²) in [6.07, 6.45) is -6.41. The molecule has 0 unspecified atom stereocenters. The van der Waals surface area contributed by atoms with Crippen molar-refractivity contribution in [3.63, 3.8) is 0 Å². The number of carboxylic acid groups (broad SMARTS) is 1. The smallest absolute Gasteiger partial charge is 0.409 e. The average Bonchev–Trinajstić information content (AvgIpc) is 2.50. The average molecular weight is 314 g/mol. The van der Waals surface area contributed by atoms with Gasteiger partial charge in [0.1, 0.15) is 12.2 Å². The minimum atomic E-state index is -1.51. The lowest BCUT2D eigenvalue weighted by Gasteiger charge is -2.34. The molecule has 9 heteroatoms. The summed E-state index contributed by atoms with van der Waals surface area (Å²) < 4.78 is 4.60. The molecule has 122 valence electrons. The molecular weight excluding hydrogens is 296 g/mol. The third-order valence-corrected chi connectivity index (χ3v) is 2.81. The van der Waals surface area contributed by atoms with Crippen LogP contribution in [0.15, 0.2) is 30.3 Å². The van der Waals surface area contributed by atoms with Crippen LogP contribution in [0.4, 0.5) is 10.5 Å². The van der Waals surface area contributed by atoms with Crippen molar-refractivity contribution in [2.24, 2.45) is 0 Å². The van der Waals surface area contributed by atoms with Crippen LogP contribution in [0, 0.1) is 5.41 Å². The summed E-state index contributed by atoms with van der Waals surface area (Å²) >= 11 is 0. The minimum Gasteiger partial charge on any atom is -0.471 e. The summed E-state index contributed by atoms with van der Waals surface area (Å²) in [4.78, 5) is 10.1. The topological polar surface area (TPSA) is 163 Å². The van der Waals surface area contributed by atoms with Gasteiger partial charge in [-0.15, -0.1) is 0 Å². The van der Waals surface area contributed by atoms with Crippen molar-refractivity contribution in [3.05, 3.63) is 30.3 Å². The number of hydrogen-bond acceptors (Lipinski definition) is 7. The van der Waals surface area contributed by atoms with Gasteiger partial charge in [-0.25, -0.2) is 4.79 Å². The van der Waals surface area contributed by atoms with Crippen molar-refractivity contribution in [2.75, 3.05) is 11.9 Å². The Morgan fingerprint density at radius 1 is 1.18 bits per heavy atom. The van der Waals surface area contributed by atoms with E-state index < -0.39 is 43.0 Å². The number of nitrogens with one attached hydrogen (secondary N) is 2. The number of benzene rings is 1. The first-order chi connectivity index (χ1) is 10.4. The standard InChI is InChI=1S/C7H7NO2.C6H11NO5/c9-7(10)8-6-4-2-1-3-5-6;7-6-5(11)4(10)3(9)2(1-8)12-6/h1-5,8H,(H,9,10);2-5,7-11H,1H2/t;2-,3-,4+,5-/m.1/s1. The molecule has 2 rings (SSSR count). The number of aliphatic hydroxyl groups excluding tert-OH is 4. The number of aliphatic hydroxyl groups is 4. The van der Waals surface area contributed by atoms with Gasteiger partial charge < -0.3 is 30.3 Å². The number of ether oxygens (including phenoxy) is 1. The first-order valence-electron chi connectivity index (χ1n) is 6.32. The Morgan fingerprint density at radius 2 is 1.77 bits per heavy atom. The zero-order chi connectivity index (χ0) is 16.7. The molecule has 7 N–H and O–H groups in total. The molecule has 1 aromatic rings. The van der Waals surface area contributed by atoms with E-state index in [0.29, 0.717) is 5.69 Å². The maximum atomic E-state index is 10.1. The van der Waals surface area contributed by atoms with Crippen molar-refractivity contribution in [2.45, 2.75) is 24.4 Å². The molecule has 1 aliphatic rings. The summed E-state index contributed by atoms with van der Waals surface area (Å²) in [7, 11) is 0. The maximum Gasteiger partial charge on any atom is 0.409 e. The van der Waals surface area contributed by atoms with E-state index in [4.69, 9.17) is 30.9 Å². The molecule has 1 heterocycles. The molecule has 1 aromatic carbocycles. The van der Waals surface area contributed by atoms with Gasteiger partial charge in [0, 0.05) is 5.69 Å². The molecule has 1 amide bonds. The lowest BCUT2D eigenvalue weighted by atomic mass is 10.00. The van der Waals surface area contributed by atoms with Crippen molar-refractivity contribution >= 4 is 17.7 Å². The lowest BCUT2D eigenvalue weighted by molar-refractivity contribution is -0.129. The lowest BCUT2D eigenvalue weighted by Crippen LogP contribution is -2.56. The molecule has 4 atom stereocenters. The highest BCUT2D eigenvalue weighted by atomic mass is 16.5. The molecule has 0 saturated carbocycles. The van der Waals surface area contributed by atoms with Gasteiger partial charge in [0.2, 0.25) is 5.90 Å². The van der Waals surface area contributed by atoms with Gasteiger partial charge in [-0.2, -0.15) is 0 Å². The molecule has 1 fully saturated rings. The summed E-state index contributed by atoms with van der Waals surface area (Å²) in [6, 6.07) is 8.74. The quantitative estimate of drug-likeness (QED) is 0.376. The zero-order valence-electron chi connectivity index (χ0n) is 11.5. The van der Waals surface area contributed by atoms with Crippen LogP contribution in [0.2, 0.25) is 0 Å². The molecule has 0 spiro atoms. The minimum absolute atomic E-state index is 0.507. The Kier molecular flexibility index (Phi) is 6.73. The summed E-state index contributed by atoms with van der Waals surface area (Å²) in [5.74, 6) is -0.535. The van der Waals surface area contributed by atoms with Gasteiger partial charge in [0.05, 0.1) is 6.61 Å². The molecule has 9 nitrogen and oxygen atoms in total. The summed E-state index contributed by atoms with van der Waals surface area (Å²) in [5.41, 5.74) is 0.593. The molecule has 0 aromatic heterocycles. The second kappa shape index (κ2) is 8.29. The van der Waals surface area contributed by atoms with Crippen molar-refractivity contribution in [1.29, 1.82) is 5.41 Å². The molecule has 0 bridgehead atoms. The Hall–Kier alpha value is -2.20. The van der Waals surface area contributed by atoms with Gasteiger partial charge in [0.25, 0.3) is 0 Å². The van der Waals surface area contributed by atoms with Crippen LogP contribution in [0.1, 0.15) is 0 Å². The van der Waals surface area contributed by atoms with E-state index in [-0.39, 0.29) is 0 Å². The van der Waals surface area contributed by atoms with Crippen molar-refractivity contribution < 1.29 is 35.1 Å². The number of amides is 1. The van der Waals surface area contributed by atoms with Gasteiger partial charge in [-0.1, -0.05) is 18.2 Å². The number of anilines is 1. The van der Waals surface area contributed by atoms with Gasteiger partial charge in [-0.05, 0) is 12.1 Å². The summed E-state index contributed by atoms with van der Waals surface area (Å²) in [6.45, 7) is -0.507. The van der Waals surface area contributed by atoms with Crippen molar-refractivity contribution in [1.82, 2.24) is 0 Å². The highest BCUT2D eigenvalue weighted by Crippen LogP contribution is 2.16. The highest BCUT2D eigenvalue weighted by molar-refractivity contribution is 5.82. The Bertz CT molecular complexity index is 494. The Balaban J connectivity index is 0.000000224. The maximum absolute atomic E-state index is 10.1. The van der Waals surface area contributed by atoms with E-state index in [1.807, 2.05) is 6.07 Å². The first kappa shape index (κ1) is 17.9. The third kappa shape index (κ3) is 4.97. The molecule has 0 radical (unpaired) electrons.